The molecule has 5 heteroatoms. The lowest BCUT2D eigenvalue weighted by Gasteiger charge is -2.26. The van der Waals surface area contributed by atoms with Gasteiger partial charge in [0.2, 0.25) is 0 Å². The Labute approximate surface area is 103 Å². The highest BCUT2D eigenvalue weighted by Gasteiger charge is 2.25. The number of anilines is 2. The Bertz CT molecular complexity index is 366. The standard InChI is InChI=1S/C12H21N5/c1-13-8-10-5-4-6-17(10)12-7-11(16(2)3)14-9-15-12/h7,9-10,13H,4-6,8H2,1-3H3. The molecule has 0 aliphatic carbocycles. The minimum atomic E-state index is 0.560. The summed E-state index contributed by atoms with van der Waals surface area (Å²) in [6.07, 6.45) is 4.13. The van der Waals surface area contributed by atoms with Crippen LogP contribution in [0.15, 0.2) is 12.4 Å². The van der Waals surface area contributed by atoms with Gasteiger partial charge in [-0.2, -0.15) is 0 Å². The minimum Gasteiger partial charge on any atom is -0.363 e. The Balaban J connectivity index is 2.18. The molecule has 1 fully saturated rings. The van der Waals surface area contributed by atoms with Crippen LogP contribution in [0.25, 0.3) is 0 Å². The second-order valence-electron chi connectivity index (χ2n) is 4.68. The number of nitrogens with one attached hydrogen (secondary N) is 1. The van der Waals surface area contributed by atoms with Crippen LogP contribution in [-0.4, -0.2) is 50.2 Å². The molecule has 0 spiro atoms. The molecule has 2 rings (SSSR count). The van der Waals surface area contributed by atoms with E-state index >= 15 is 0 Å². The van der Waals surface area contributed by atoms with Crippen LogP contribution in [0.2, 0.25) is 0 Å². The maximum atomic E-state index is 4.40. The summed E-state index contributed by atoms with van der Waals surface area (Å²) in [5.74, 6) is 2.01. The summed E-state index contributed by atoms with van der Waals surface area (Å²) < 4.78 is 0. The van der Waals surface area contributed by atoms with Crippen LogP contribution in [0.4, 0.5) is 11.6 Å². The first-order valence-electron chi connectivity index (χ1n) is 6.13. The Kier molecular flexibility index (Phi) is 3.78. The average Bonchev–Trinajstić information content (AvgIpc) is 2.78. The number of hydrogen-bond donors (Lipinski definition) is 1. The Hall–Kier alpha value is -1.36. The third-order valence-electron chi connectivity index (χ3n) is 3.21. The quantitative estimate of drug-likeness (QED) is 0.833. The van der Waals surface area contributed by atoms with E-state index in [9.17, 15) is 0 Å². The van der Waals surface area contributed by atoms with E-state index < -0.39 is 0 Å². The van der Waals surface area contributed by atoms with Gasteiger partial charge in [0, 0.05) is 39.3 Å². The highest BCUT2D eigenvalue weighted by atomic mass is 15.3. The second kappa shape index (κ2) is 5.31. The lowest BCUT2D eigenvalue weighted by molar-refractivity contribution is 0.611. The Morgan fingerprint density at radius 2 is 2.29 bits per heavy atom. The van der Waals surface area contributed by atoms with E-state index in [0.29, 0.717) is 6.04 Å². The van der Waals surface area contributed by atoms with Crippen LogP contribution in [-0.2, 0) is 0 Å². The van der Waals surface area contributed by atoms with Crippen LogP contribution in [0.5, 0.6) is 0 Å². The molecule has 5 nitrogen and oxygen atoms in total. The SMILES string of the molecule is CNCC1CCCN1c1cc(N(C)C)ncn1. The van der Waals surface area contributed by atoms with Crippen molar-refractivity contribution >= 4 is 11.6 Å². The molecule has 1 saturated heterocycles. The molecule has 0 amide bonds. The number of rotatable bonds is 4. The van der Waals surface area contributed by atoms with Gasteiger partial charge >= 0.3 is 0 Å². The van der Waals surface area contributed by atoms with Crippen LogP contribution < -0.4 is 15.1 Å². The normalized spacial score (nSPS) is 19.7. The molecule has 17 heavy (non-hydrogen) atoms. The van der Waals surface area contributed by atoms with Crippen molar-refractivity contribution < 1.29 is 0 Å². The van der Waals surface area contributed by atoms with Crippen molar-refractivity contribution in [2.24, 2.45) is 0 Å². The summed E-state index contributed by atoms with van der Waals surface area (Å²) in [5, 5.41) is 3.25. The molecule has 94 valence electrons. The molecule has 1 unspecified atom stereocenters. The highest BCUT2D eigenvalue weighted by Crippen LogP contribution is 2.24. The molecule has 1 atom stereocenters. The largest absolute Gasteiger partial charge is 0.363 e. The summed E-state index contributed by atoms with van der Waals surface area (Å²) in [6.45, 7) is 2.11. The van der Waals surface area contributed by atoms with Crippen molar-refractivity contribution in [2.45, 2.75) is 18.9 Å². The maximum Gasteiger partial charge on any atom is 0.134 e. The predicted octanol–water partition coefficient (Wildman–Crippen LogP) is 0.731. The number of nitrogens with zero attached hydrogens (tertiary/aromatic N) is 4. The van der Waals surface area contributed by atoms with Gasteiger partial charge in [0.25, 0.3) is 0 Å². The predicted molar refractivity (Wildman–Crippen MR) is 70.7 cm³/mol. The first-order valence-corrected chi connectivity index (χ1v) is 6.13. The van der Waals surface area contributed by atoms with Crippen LogP contribution in [0, 0.1) is 0 Å². The molecule has 1 aliphatic rings. The van der Waals surface area contributed by atoms with Gasteiger partial charge in [0.05, 0.1) is 0 Å². The van der Waals surface area contributed by atoms with Gasteiger partial charge in [-0.05, 0) is 19.9 Å². The number of likely N-dealkylation sites (N-methyl/N-ethyl adjacent to an activating group) is 1. The van der Waals surface area contributed by atoms with E-state index in [-0.39, 0.29) is 0 Å². The fourth-order valence-corrected chi connectivity index (χ4v) is 2.32. The third kappa shape index (κ3) is 2.66. The van der Waals surface area contributed by atoms with Gasteiger partial charge in [-0.25, -0.2) is 9.97 Å². The average molecular weight is 235 g/mol. The van der Waals surface area contributed by atoms with Gasteiger partial charge < -0.3 is 15.1 Å². The van der Waals surface area contributed by atoms with Crippen molar-refractivity contribution in [1.82, 2.24) is 15.3 Å². The van der Waals surface area contributed by atoms with Crippen molar-refractivity contribution in [3.05, 3.63) is 12.4 Å². The topological polar surface area (TPSA) is 44.3 Å². The van der Waals surface area contributed by atoms with Gasteiger partial charge in [0.15, 0.2) is 0 Å². The molecule has 0 bridgehead atoms. The van der Waals surface area contributed by atoms with Crippen LogP contribution in [0.1, 0.15) is 12.8 Å². The van der Waals surface area contributed by atoms with Crippen molar-refractivity contribution in [1.29, 1.82) is 0 Å². The first-order chi connectivity index (χ1) is 8.22. The van der Waals surface area contributed by atoms with Crippen molar-refractivity contribution in [3.63, 3.8) is 0 Å². The monoisotopic (exact) mass is 235 g/mol. The molecule has 0 radical (unpaired) electrons. The van der Waals surface area contributed by atoms with E-state index in [1.165, 1.54) is 12.8 Å². The molecular formula is C12H21N5. The molecule has 1 aliphatic heterocycles. The van der Waals surface area contributed by atoms with Crippen molar-refractivity contribution in [3.8, 4) is 0 Å². The molecule has 0 saturated carbocycles. The van der Waals surface area contributed by atoms with E-state index in [4.69, 9.17) is 0 Å². The van der Waals surface area contributed by atoms with Gasteiger partial charge in [-0.15, -0.1) is 0 Å². The summed E-state index contributed by atoms with van der Waals surface area (Å²) in [7, 11) is 6.00. The summed E-state index contributed by atoms with van der Waals surface area (Å²) in [5.41, 5.74) is 0. The second-order valence-corrected chi connectivity index (χ2v) is 4.68. The Morgan fingerprint density at radius 1 is 1.47 bits per heavy atom. The third-order valence-corrected chi connectivity index (χ3v) is 3.21. The van der Waals surface area contributed by atoms with Crippen molar-refractivity contribution in [2.75, 3.05) is 44.0 Å². The zero-order valence-electron chi connectivity index (χ0n) is 10.8. The van der Waals surface area contributed by atoms with E-state index in [1.54, 1.807) is 6.33 Å². The first kappa shape index (κ1) is 12.1. The smallest absolute Gasteiger partial charge is 0.134 e. The van der Waals surface area contributed by atoms with Gasteiger partial charge in [-0.3, -0.25) is 0 Å². The zero-order chi connectivity index (χ0) is 12.3. The zero-order valence-corrected chi connectivity index (χ0v) is 10.8. The molecular weight excluding hydrogens is 214 g/mol. The summed E-state index contributed by atoms with van der Waals surface area (Å²) in [4.78, 5) is 13.0. The van der Waals surface area contributed by atoms with E-state index in [2.05, 4.69) is 26.3 Å². The molecule has 2 heterocycles. The van der Waals surface area contributed by atoms with Gasteiger partial charge in [0.1, 0.15) is 18.0 Å². The summed E-state index contributed by atoms with van der Waals surface area (Å²) in [6, 6.07) is 2.62. The maximum absolute atomic E-state index is 4.40. The Morgan fingerprint density at radius 3 is 3.00 bits per heavy atom. The minimum absolute atomic E-state index is 0.560. The fraction of sp³-hybridized carbons (Fsp3) is 0.667. The fourth-order valence-electron chi connectivity index (χ4n) is 2.32. The molecule has 1 N–H and O–H groups in total. The lowest BCUT2D eigenvalue weighted by atomic mass is 10.2. The number of hydrogen-bond acceptors (Lipinski definition) is 5. The van der Waals surface area contributed by atoms with Crippen LogP contribution in [0.3, 0.4) is 0 Å². The molecule has 1 aromatic heterocycles. The number of aromatic nitrogens is 2. The van der Waals surface area contributed by atoms with E-state index in [1.807, 2.05) is 26.0 Å². The van der Waals surface area contributed by atoms with E-state index in [0.717, 1.165) is 24.7 Å². The molecule has 0 aromatic carbocycles. The lowest BCUT2D eigenvalue weighted by Crippen LogP contribution is -2.37. The molecule has 1 aromatic rings. The summed E-state index contributed by atoms with van der Waals surface area (Å²) >= 11 is 0. The highest BCUT2D eigenvalue weighted by molar-refractivity contribution is 5.50. The van der Waals surface area contributed by atoms with Crippen LogP contribution >= 0.6 is 0 Å². The van der Waals surface area contributed by atoms with Gasteiger partial charge in [-0.1, -0.05) is 0 Å².